The zero-order chi connectivity index (χ0) is 20.1. The van der Waals surface area contributed by atoms with Crippen LogP contribution in [-0.4, -0.2) is 24.7 Å². The number of hydrogen-bond donors (Lipinski definition) is 2. The molecule has 7 heteroatoms. The first-order valence-electron chi connectivity index (χ1n) is 9.91. The van der Waals surface area contributed by atoms with Gasteiger partial charge in [-0.3, -0.25) is 0 Å². The fraction of sp³-hybridized carbons (Fsp3) is 0.524. The highest BCUT2D eigenvalue weighted by Crippen LogP contribution is 2.33. The summed E-state index contributed by atoms with van der Waals surface area (Å²) in [6, 6.07) is 4.28. The summed E-state index contributed by atoms with van der Waals surface area (Å²) in [5.74, 6) is 0.170. The highest BCUT2D eigenvalue weighted by atomic mass is 35.5. The lowest BCUT2D eigenvalue weighted by Crippen LogP contribution is -2.45. The Balaban J connectivity index is 1.86. The van der Waals surface area contributed by atoms with Gasteiger partial charge in [0.1, 0.15) is 11.9 Å². The van der Waals surface area contributed by atoms with E-state index in [-0.39, 0.29) is 12.1 Å². The number of amides is 2. The Kier molecular flexibility index (Phi) is 6.83. The van der Waals surface area contributed by atoms with Crippen molar-refractivity contribution in [2.75, 3.05) is 6.61 Å². The predicted molar refractivity (Wildman–Crippen MR) is 107 cm³/mol. The van der Waals surface area contributed by atoms with Gasteiger partial charge in [-0.15, -0.1) is 0 Å². The van der Waals surface area contributed by atoms with Crippen LogP contribution in [0.3, 0.4) is 0 Å². The van der Waals surface area contributed by atoms with Crippen molar-refractivity contribution in [1.29, 1.82) is 0 Å². The number of carbonyl (C=O) groups is 2. The summed E-state index contributed by atoms with van der Waals surface area (Å²) in [4.78, 5) is 25.1. The van der Waals surface area contributed by atoms with Gasteiger partial charge in [-0.2, -0.15) is 0 Å². The van der Waals surface area contributed by atoms with E-state index < -0.39 is 12.0 Å². The molecule has 3 rings (SSSR count). The molecule has 0 radical (unpaired) electrons. The van der Waals surface area contributed by atoms with E-state index in [2.05, 4.69) is 10.6 Å². The third-order valence-electron chi connectivity index (χ3n) is 5.15. The van der Waals surface area contributed by atoms with Crippen LogP contribution in [-0.2, 0) is 9.53 Å². The van der Waals surface area contributed by atoms with Crippen molar-refractivity contribution >= 4 is 23.6 Å². The molecule has 1 aromatic rings. The van der Waals surface area contributed by atoms with Crippen molar-refractivity contribution in [3.63, 3.8) is 0 Å². The molecule has 0 aromatic heterocycles. The van der Waals surface area contributed by atoms with Crippen molar-refractivity contribution in [3.8, 4) is 5.75 Å². The smallest absolute Gasteiger partial charge is 0.338 e. The molecule has 1 fully saturated rings. The molecule has 2 amide bonds. The predicted octanol–water partition coefficient (Wildman–Crippen LogP) is 4.63. The molecule has 6 nitrogen and oxygen atoms in total. The molecular weight excluding hydrogens is 380 g/mol. The zero-order valence-corrected chi connectivity index (χ0v) is 17.1. The SMILES string of the molecule is CCOc1ccc(C2NC(=O)NC(C)=C2C(=O)OC2CCCCCC2)cc1Cl. The Morgan fingerprint density at radius 2 is 1.93 bits per heavy atom. The van der Waals surface area contributed by atoms with Gasteiger partial charge in [0.05, 0.1) is 23.2 Å². The second-order valence-electron chi connectivity index (χ2n) is 7.21. The number of rotatable bonds is 5. The van der Waals surface area contributed by atoms with Crippen LogP contribution in [0.5, 0.6) is 5.75 Å². The molecular formula is C21H27ClN2O4. The Morgan fingerprint density at radius 3 is 2.57 bits per heavy atom. The van der Waals surface area contributed by atoms with Gasteiger partial charge in [-0.25, -0.2) is 9.59 Å². The molecule has 1 aliphatic carbocycles. The van der Waals surface area contributed by atoms with E-state index in [1.807, 2.05) is 6.92 Å². The molecule has 28 heavy (non-hydrogen) atoms. The maximum absolute atomic E-state index is 13.0. The largest absolute Gasteiger partial charge is 0.492 e. The fourth-order valence-electron chi connectivity index (χ4n) is 3.76. The standard InChI is InChI=1S/C21H27ClN2O4/c1-3-27-17-11-10-14(12-16(17)22)19-18(13(2)23-21(26)24-19)20(25)28-15-8-6-4-5-7-9-15/h10-12,15,19H,3-9H2,1-2H3,(H2,23,24,26). The highest BCUT2D eigenvalue weighted by Gasteiger charge is 2.33. The second kappa shape index (κ2) is 9.32. The first kappa shape index (κ1) is 20.5. The van der Waals surface area contributed by atoms with E-state index in [0.29, 0.717) is 34.2 Å². The average Bonchev–Trinajstić information content (AvgIpc) is 2.91. The second-order valence-corrected chi connectivity index (χ2v) is 7.62. The summed E-state index contributed by atoms with van der Waals surface area (Å²) in [5, 5.41) is 5.92. The van der Waals surface area contributed by atoms with Crippen LogP contribution in [0, 0.1) is 0 Å². The molecule has 1 atom stereocenters. The van der Waals surface area contributed by atoms with Crippen molar-refractivity contribution in [1.82, 2.24) is 10.6 Å². The van der Waals surface area contributed by atoms with Crippen molar-refractivity contribution in [2.24, 2.45) is 0 Å². The summed E-state index contributed by atoms with van der Waals surface area (Å²) in [6.45, 7) is 4.09. The van der Waals surface area contributed by atoms with Gasteiger partial charge >= 0.3 is 12.0 Å². The zero-order valence-electron chi connectivity index (χ0n) is 16.3. The normalized spacial score (nSPS) is 20.8. The molecule has 2 N–H and O–H groups in total. The van der Waals surface area contributed by atoms with Gasteiger partial charge in [-0.1, -0.05) is 30.5 Å². The number of allylic oxidation sites excluding steroid dienone is 1. The lowest BCUT2D eigenvalue weighted by atomic mass is 9.95. The minimum absolute atomic E-state index is 0.0718. The Morgan fingerprint density at radius 1 is 1.21 bits per heavy atom. The topological polar surface area (TPSA) is 76.7 Å². The molecule has 1 heterocycles. The molecule has 152 valence electrons. The van der Waals surface area contributed by atoms with Gasteiger partial charge in [-0.05, 0) is 57.2 Å². The molecule has 1 aromatic carbocycles. The number of ether oxygens (including phenoxy) is 2. The minimum atomic E-state index is -0.625. The van der Waals surface area contributed by atoms with E-state index in [4.69, 9.17) is 21.1 Å². The van der Waals surface area contributed by atoms with Gasteiger partial charge in [0.2, 0.25) is 0 Å². The molecule has 1 saturated carbocycles. The van der Waals surface area contributed by atoms with E-state index in [1.54, 1.807) is 25.1 Å². The third-order valence-corrected chi connectivity index (χ3v) is 5.45. The third kappa shape index (κ3) is 4.79. The number of nitrogens with one attached hydrogen (secondary N) is 2. The number of benzene rings is 1. The van der Waals surface area contributed by atoms with Gasteiger partial charge in [0, 0.05) is 5.70 Å². The minimum Gasteiger partial charge on any atom is -0.492 e. The average molecular weight is 407 g/mol. The van der Waals surface area contributed by atoms with E-state index in [0.717, 1.165) is 25.7 Å². The van der Waals surface area contributed by atoms with E-state index >= 15 is 0 Å². The van der Waals surface area contributed by atoms with Crippen LogP contribution in [0.2, 0.25) is 5.02 Å². The van der Waals surface area contributed by atoms with Crippen molar-refractivity contribution in [2.45, 2.75) is 64.5 Å². The van der Waals surface area contributed by atoms with Crippen molar-refractivity contribution in [3.05, 3.63) is 40.1 Å². The number of hydrogen-bond acceptors (Lipinski definition) is 4. The van der Waals surface area contributed by atoms with Crippen LogP contribution >= 0.6 is 11.6 Å². The van der Waals surface area contributed by atoms with Gasteiger partial charge in [0.15, 0.2) is 0 Å². The van der Waals surface area contributed by atoms with Crippen LogP contribution < -0.4 is 15.4 Å². The number of esters is 1. The maximum Gasteiger partial charge on any atom is 0.338 e. The molecule has 1 unspecified atom stereocenters. The van der Waals surface area contributed by atoms with Crippen molar-refractivity contribution < 1.29 is 19.1 Å². The lowest BCUT2D eigenvalue weighted by molar-refractivity contribution is -0.145. The van der Waals surface area contributed by atoms with Crippen LogP contribution in [0.15, 0.2) is 29.5 Å². The Bertz CT molecular complexity index is 770. The number of urea groups is 1. The number of halogens is 1. The Hall–Kier alpha value is -2.21. The molecule has 0 saturated heterocycles. The summed E-state index contributed by atoms with van der Waals surface area (Å²) in [5.41, 5.74) is 1.61. The quantitative estimate of drug-likeness (QED) is 0.552. The summed E-state index contributed by atoms with van der Waals surface area (Å²) in [6.07, 6.45) is 6.21. The van der Waals surface area contributed by atoms with Crippen LogP contribution in [0.1, 0.15) is 64.0 Å². The highest BCUT2D eigenvalue weighted by molar-refractivity contribution is 6.32. The molecule has 1 aliphatic heterocycles. The Labute approximate surface area is 170 Å². The lowest BCUT2D eigenvalue weighted by Gasteiger charge is -2.29. The maximum atomic E-state index is 13.0. The van der Waals surface area contributed by atoms with E-state index in [1.165, 1.54) is 12.8 Å². The van der Waals surface area contributed by atoms with Gasteiger partial charge in [0.25, 0.3) is 0 Å². The first-order valence-corrected chi connectivity index (χ1v) is 10.3. The van der Waals surface area contributed by atoms with Crippen LogP contribution in [0.4, 0.5) is 4.79 Å². The van der Waals surface area contributed by atoms with Gasteiger partial charge < -0.3 is 20.1 Å². The fourth-order valence-corrected chi connectivity index (χ4v) is 4.00. The van der Waals surface area contributed by atoms with Crippen LogP contribution in [0.25, 0.3) is 0 Å². The molecule has 2 aliphatic rings. The molecule has 0 bridgehead atoms. The summed E-state index contributed by atoms with van der Waals surface area (Å²) in [7, 11) is 0. The molecule has 0 spiro atoms. The number of carbonyl (C=O) groups excluding carboxylic acids is 2. The summed E-state index contributed by atoms with van der Waals surface area (Å²) >= 11 is 6.32. The van der Waals surface area contributed by atoms with E-state index in [9.17, 15) is 9.59 Å². The first-order chi connectivity index (χ1) is 13.5. The monoisotopic (exact) mass is 406 g/mol. The summed E-state index contributed by atoms with van der Waals surface area (Å²) < 4.78 is 11.3.